The zero-order chi connectivity index (χ0) is 33.0. The molecular formula is C37H48N6O3. The van der Waals surface area contributed by atoms with Gasteiger partial charge in [0.1, 0.15) is 0 Å². The first-order chi connectivity index (χ1) is 22.0. The smallest absolute Gasteiger partial charge is 0.274 e. The van der Waals surface area contributed by atoms with Crippen molar-refractivity contribution in [2.24, 2.45) is 5.92 Å². The van der Waals surface area contributed by atoms with E-state index in [4.69, 9.17) is 0 Å². The van der Waals surface area contributed by atoms with Crippen molar-refractivity contribution in [3.05, 3.63) is 105 Å². The Bertz CT molecular complexity index is 1670. The molecule has 244 valence electrons. The summed E-state index contributed by atoms with van der Waals surface area (Å²) in [7, 11) is 0. The Hall–Kier alpha value is -4.53. The van der Waals surface area contributed by atoms with Crippen LogP contribution < -0.4 is 10.6 Å². The van der Waals surface area contributed by atoms with E-state index in [2.05, 4.69) is 82.9 Å². The SMILES string of the molecule is CCN(CC)C(=O)C(C)(C)c1ccc2[nH]c(-c3cc(C)cc(C)c3)c(CCN/C(=C/[N+](=O)[O-])N3CCC(C4=CCNC=C4)C3)c2c1. The molecule has 5 rings (SSSR count). The number of fused-ring (bicyclic) bond motifs is 1. The normalized spacial score (nSPS) is 16.8. The van der Waals surface area contributed by atoms with E-state index < -0.39 is 5.41 Å². The Balaban J connectivity index is 1.46. The molecule has 9 heteroatoms. The van der Waals surface area contributed by atoms with Crippen molar-refractivity contribution in [3.63, 3.8) is 0 Å². The van der Waals surface area contributed by atoms with Gasteiger partial charge in [-0.05, 0) is 113 Å². The molecule has 0 spiro atoms. The molecule has 0 radical (unpaired) electrons. The highest BCUT2D eigenvalue weighted by atomic mass is 16.6. The van der Waals surface area contributed by atoms with Gasteiger partial charge >= 0.3 is 0 Å². The Labute approximate surface area is 272 Å². The topological polar surface area (TPSA) is 107 Å². The molecular weight excluding hydrogens is 576 g/mol. The molecule has 1 fully saturated rings. The number of likely N-dealkylation sites (tertiary alicyclic amines) is 1. The number of rotatable bonds is 12. The van der Waals surface area contributed by atoms with Crippen molar-refractivity contribution in [2.75, 3.05) is 39.3 Å². The number of allylic oxidation sites excluding steroid dienone is 1. The van der Waals surface area contributed by atoms with Crippen LogP contribution in [0.5, 0.6) is 0 Å². The average molecular weight is 625 g/mol. The van der Waals surface area contributed by atoms with Crippen LogP contribution in [0.4, 0.5) is 0 Å². The molecule has 3 aromatic rings. The third-order valence-electron chi connectivity index (χ3n) is 9.48. The predicted octanol–water partition coefficient (Wildman–Crippen LogP) is 6.17. The number of nitrogens with one attached hydrogen (secondary N) is 3. The molecule has 3 N–H and O–H groups in total. The maximum Gasteiger partial charge on any atom is 0.274 e. The van der Waals surface area contributed by atoms with Gasteiger partial charge in [-0.15, -0.1) is 0 Å². The van der Waals surface area contributed by atoms with Gasteiger partial charge in [0.25, 0.3) is 6.20 Å². The van der Waals surface area contributed by atoms with Crippen LogP contribution in [0.2, 0.25) is 0 Å². The lowest BCUT2D eigenvalue weighted by Crippen LogP contribution is -2.43. The monoisotopic (exact) mass is 624 g/mol. The number of likely N-dealkylation sites (N-methyl/N-ethyl adjacent to an activating group) is 1. The Morgan fingerprint density at radius 1 is 1.15 bits per heavy atom. The molecule has 0 saturated carbocycles. The molecule has 1 unspecified atom stereocenters. The molecule has 1 saturated heterocycles. The number of nitro groups is 1. The highest BCUT2D eigenvalue weighted by molar-refractivity contribution is 5.94. The summed E-state index contributed by atoms with van der Waals surface area (Å²) in [6.45, 7) is 16.4. The van der Waals surface area contributed by atoms with Crippen molar-refractivity contribution in [3.8, 4) is 11.3 Å². The van der Waals surface area contributed by atoms with E-state index >= 15 is 0 Å². The fourth-order valence-corrected chi connectivity index (χ4v) is 6.97. The van der Waals surface area contributed by atoms with Gasteiger partial charge in [-0.2, -0.15) is 0 Å². The van der Waals surface area contributed by atoms with E-state index in [9.17, 15) is 14.9 Å². The molecule has 9 nitrogen and oxygen atoms in total. The molecule has 46 heavy (non-hydrogen) atoms. The van der Waals surface area contributed by atoms with E-state index in [1.807, 2.05) is 38.8 Å². The molecule has 2 aliphatic rings. The third-order valence-corrected chi connectivity index (χ3v) is 9.48. The minimum absolute atomic E-state index is 0.111. The number of H-pyrrole nitrogens is 1. The van der Waals surface area contributed by atoms with E-state index in [0.717, 1.165) is 65.5 Å². The Morgan fingerprint density at radius 2 is 1.89 bits per heavy atom. The van der Waals surface area contributed by atoms with E-state index in [-0.39, 0.29) is 10.8 Å². The number of aromatic amines is 1. The number of carbonyl (C=O) groups excluding carboxylic acids is 1. The predicted molar refractivity (Wildman–Crippen MR) is 186 cm³/mol. The quantitative estimate of drug-likeness (QED) is 0.164. The van der Waals surface area contributed by atoms with E-state index in [1.54, 1.807) is 0 Å². The highest BCUT2D eigenvalue weighted by Crippen LogP contribution is 2.36. The van der Waals surface area contributed by atoms with Crippen LogP contribution in [-0.4, -0.2) is 64.9 Å². The van der Waals surface area contributed by atoms with Gasteiger partial charge in [-0.3, -0.25) is 14.9 Å². The second-order valence-corrected chi connectivity index (χ2v) is 13.1. The van der Waals surface area contributed by atoms with Crippen molar-refractivity contribution >= 4 is 16.8 Å². The summed E-state index contributed by atoms with van der Waals surface area (Å²) in [5.74, 6) is 1.01. The van der Waals surface area contributed by atoms with Crippen LogP contribution in [0.25, 0.3) is 22.2 Å². The van der Waals surface area contributed by atoms with Gasteiger partial charge < -0.3 is 25.4 Å². The molecule has 0 bridgehead atoms. The van der Waals surface area contributed by atoms with E-state index in [0.29, 0.717) is 37.8 Å². The van der Waals surface area contributed by atoms with E-state index in [1.165, 1.54) is 16.7 Å². The molecule has 0 aliphatic carbocycles. The summed E-state index contributed by atoms with van der Waals surface area (Å²) in [6.07, 6.45) is 8.99. The second kappa shape index (κ2) is 13.8. The van der Waals surface area contributed by atoms with Crippen molar-refractivity contribution in [1.29, 1.82) is 0 Å². The first kappa shape index (κ1) is 32.9. The molecule has 2 aliphatic heterocycles. The first-order valence-corrected chi connectivity index (χ1v) is 16.5. The van der Waals surface area contributed by atoms with Gasteiger partial charge in [0.2, 0.25) is 5.91 Å². The highest BCUT2D eigenvalue weighted by Gasteiger charge is 2.33. The molecule has 1 amide bonds. The van der Waals surface area contributed by atoms with Crippen molar-refractivity contribution < 1.29 is 9.72 Å². The number of aryl methyl sites for hydroxylation is 2. The second-order valence-electron chi connectivity index (χ2n) is 13.1. The van der Waals surface area contributed by atoms with Crippen LogP contribution in [-0.2, 0) is 16.6 Å². The number of dihydropyridines is 1. The largest absolute Gasteiger partial charge is 0.387 e. The van der Waals surface area contributed by atoms with Gasteiger partial charge in [-0.1, -0.05) is 29.3 Å². The summed E-state index contributed by atoms with van der Waals surface area (Å²) in [6, 6.07) is 12.8. The zero-order valence-corrected chi connectivity index (χ0v) is 28.1. The van der Waals surface area contributed by atoms with Gasteiger partial charge in [0.05, 0.1) is 10.3 Å². The molecule has 1 aromatic heterocycles. The Morgan fingerprint density at radius 3 is 2.54 bits per heavy atom. The zero-order valence-electron chi connectivity index (χ0n) is 28.1. The lowest BCUT2D eigenvalue weighted by atomic mass is 9.82. The lowest BCUT2D eigenvalue weighted by molar-refractivity contribution is -0.404. The Kier molecular flexibility index (Phi) is 9.89. The van der Waals surface area contributed by atoms with Gasteiger partial charge in [0.15, 0.2) is 5.82 Å². The summed E-state index contributed by atoms with van der Waals surface area (Å²) >= 11 is 0. The average Bonchev–Trinajstić information content (AvgIpc) is 3.66. The number of aromatic nitrogens is 1. The summed E-state index contributed by atoms with van der Waals surface area (Å²) in [4.78, 5) is 32.6. The van der Waals surface area contributed by atoms with Crippen LogP contribution in [0.1, 0.15) is 56.4 Å². The number of nitrogens with zero attached hydrogens (tertiary/aromatic N) is 3. The van der Waals surface area contributed by atoms with Crippen LogP contribution >= 0.6 is 0 Å². The van der Waals surface area contributed by atoms with Crippen molar-refractivity contribution in [1.82, 2.24) is 25.4 Å². The summed E-state index contributed by atoms with van der Waals surface area (Å²) in [5.41, 5.74) is 8.21. The van der Waals surface area contributed by atoms with Crippen molar-refractivity contribution in [2.45, 2.75) is 59.8 Å². The number of carbonyl (C=O) groups is 1. The van der Waals surface area contributed by atoms with Crippen LogP contribution in [0.3, 0.4) is 0 Å². The molecule has 3 heterocycles. The summed E-state index contributed by atoms with van der Waals surface area (Å²) in [5, 5.41) is 19.4. The molecule has 1 atom stereocenters. The minimum Gasteiger partial charge on any atom is -0.387 e. The number of hydrogen-bond donors (Lipinski definition) is 3. The fourth-order valence-electron chi connectivity index (χ4n) is 6.97. The first-order valence-electron chi connectivity index (χ1n) is 16.5. The van der Waals surface area contributed by atoms with Crippen LogP contribution in [0.15, 0.2) is 72.3 Å². The minimum atomic E-state index is -0.694. The van der Waals surface area contributed by atoms with Gasteiger partial charge in [-0.25, -0.2) is 0 Å². The van der Waals surface area contributed by atoms with Gasteiger partial charge in [0, 0.05) is 61.8 Å². The standard InChI is InChI=1S/C37H48N6O3/c1-7-41(8-2)36(44)37(5,6)30-9-10-33-32(22-30)31(35(40-33)29-20-25(3)19-26(4)21-29)13-17-39-34(24-43(45)46)42-18-14-28(23-42)27-11-15-38-16-12-27/h9-12,15,19-22,24,28,38-40H,7-8,13-14,16-18,23H2,1-6H3/b34-24-. The third kappa shape index (κ3) is 6.98. The lowest BCUT2D eigenvalue weighted by Gasteiger charge is -2.31. The fraction of sp³-hybridized carbons (Fsp3) is 0.432. The molecule has 2 aromatic carbocycles. The summed E-state index contributed by atoms with van der Waals surface area (Å²) < 4.78 is 0. The maximum atomic E-state index is 13.6. The van der Waals surface area contributed by atoms with Crippen LogP contribution in [0, 0.1) is 29.9 Å². The number of hydrogen-bond acceptors (Lipinski definition) is 6. The maximum absolute atomic E-state index is 13.6. The number of benzene rings is 2. The number of amides is 1.